The van der Waals surface area contributed by atoms with Crippen LogP contribution >= 0.6 is 11.6 Å². The van der Waals surface area contributed by atoms with Crippen LogP contribution in [-0.4, -0.2) is 29.6 Å². The van der Waals surface area contributed by atoms with Crippen molar-refractivity contribution in [2.45, 2.75) is 6.18 Å². The van der Waals surface area contributed by atoms with Crippen LogP contribution in [0.15, 0.2) is 66.0 Å². The smallest absolute Gasteiger partial charge is 0.370 e. The summed E-state index contributed by atoms with van der Waals surface area (Å²) < 4.78 is 39.6. The number of nitriles is 1. The molecule has 1 aliphatic rings. The molecule has 3 aromatic rings. The van der Waals surface area contributed by atoms with Crippen molar-refractivity contribution < 1.29 is 13.2 Å². The summed E-state index contributed by atoms with van der Waals surface area (Å²) in [5.74, 6) is 1.38. The van der Waals surface area contributed by atoms with E-state index in [1.165, 1.54) is 6.07 Å². The van der Waals surface area contributed by atoms with Crippen LogP contribution < -0.4 is 16.0 Å². The van der Waals surface area contributed by atoms with Gasteiger partial charge < -0.3 is 16.0 Å². The first kappa shape index (κ1) is 22.4. The number of anilines is 1. The van der Waals surface area contributed by atoms with Crippen molar-refractivity contribution in [2.24, 2.45) is 0 Å². The normalized spacial score (nSPS) is 13.5. The van der Waals surface area contributed by atoms with Crippen LogP contribution in [0.4, 0.5) is 19.0 Å². The first-order valence-electron chi connectivity index (χ1n) is 10.0. The van der Waals surface area contributed by atoms with Crippen molar-refractivity contribution in [3.63, 3.8) is 0 Å². The molecular formula is C23H18ClF3N6. The molecule has 0 saturated carbocycles. The average molecular weight is 471 g/mol. The fraction of sp³-hybridized carbons (Fsp3) is 0.174. The fourth-order valence-electron chi connectivity index (χ4n) is 3.27. The van der Waals surface area contributed by atoms with Crippen molar-refractivity contribution in [2.75, 3.05) is 25.0 Å². The quantitative estimate of drug-likeness (QED) is 0.446. The number of allylic oxidation sites excluding steroid dienone is 2. The van der Waals surface area contributed by atoms with E-state index in [0.29, 0.717) is 36.5 Å². The first-order valence-corrected chi connectivity index (χ1v) is 10.4. The number of halogens is 4. The SMILES string of the molecule is N#CC1=CC=C(NCCNc2nc(-c3cc(C(F)(F)F)ccc3Cl)nc3ccccc23)NC1. The molecule has 0 fully saturated rings. The number of alkyl halides is 3. The second-order valence-electron chi connectivity index (χ2n) is 7.20. The van der Waals surface area contributed by atoms with Crippen LogP contribution in [0.3, 0.4) is 0 Å². The standard InChI is InChI=1S/C23H18ClF3N6/c24-18-7-6-15(23(25,26)27)11-17(18)22-32-19-4-2-1-3-16(19)21(33-22)30-10-9-29-20-8-5-14(12-28)13-31-20/h1-8,11,29,31H,9-10,13H2,(H,30,32,33). The molecule has 0 atom stereocenters. The van der Waals surface area contributed by atoms with Crippen molar-refractivity contribution >= 4 is 28.3 Å². The maximum atomic E-state index is 13.2. The van der Waals surface area contributed by atoms with E-state index in [1.807, 2.05) is 12.1 Å². The Bertz CT molecular complexity index is 1290. The van der Waals surface area contributed by atoms with Crippen molar-refractivity contribution in [3.8, 4) is 17.5 Å². The number of benzene rings is 2. The third-order valence-electron chi connectivity index (χ3n) is 4.93. The van der Waals surface area contributed by atoms with E-state index in [0.717, 1.165) is 23.3 Å². The van der Waals surface area contributed by atoms with Gasteiger partial charge in [-0.2, -0.15) is 18.4 Å². The van der Waals surface area contributed by atoms with Gasteiger partial charge in [-0.15, -0.1) is 0 Å². The molecule has 0 aliphatic carbocycles. The van der Waals surface area contributed by atoms with Gasteiger partial charge in [0.25, 0.3) is 0 Å². The molecule has 0 unspecified atom stereocenters. The Balaban J connectivity index is 1.58. The predicted molar refractivity (Wildman–Crippen MR) is 121 cm³/mol. The second kappa shape index (κ2) is 9.38. The van der Waals surface area contributed by atoms with Crippen molar-refractivity contribution in [1.29, 1.82) is 5.26 Å². The van der Waals surface area contributed by atoms with Crippen molar-refractivity contribution in [3.05, 3.63) is 76.6 Å². The van der Waals surface area contributed by atoms with E-state index < -0.39 is 11.7 Å². The topological polar surface area (TPSA) is 85.7 Å². The molecule has 2 heterocycles. The molecule has 1 aromatic heterocycles. The summed E-state index contributed by atoms with van der Waals surface area (Å²) in [7, 11) is 0. The van der Waals surface area contributed by atoms with Gasteiger partial charge in [-0.25, -0.2) is 9.97 Å². The molecule has 6 nitrogen and oxygen atoms in total. The first-order chi connectivity index (χ1) is 15.8. The molecule has 1 aliphatic heterocycles. The lowest BCUT2D eigenvalue weighted by Gasteiger charge is -2.17. The lowest BCUT2D eigenvalue weighted by Crippen LogP contribution is -2.32. The maximum absolute atomic E-state index is 13.2. The second-order valence-corrected chi connectivity index (χ2v) is 7.60. The summed E-state index contributed by atoms with van der Waals surface area (Å²) in [5.41, 5.74) is 0.512. The minimum atomic E-state index is -4.51. The molecule has 0 radical (unpaired) electrons. The van der Waals surface area contributed by atoms with Crippen LogP contribution in [0.25, 0.3) is 22.3 Å². The molecule has 3 N–H and O–H groups in total. The lowest BCUT2D eigenvalue weighted by atomic mass is 10.1. The molecule has 10 heteroatoms. The van der Waals surface area contributed by atoms with Crippen LogP contribution in [0, 0.1) is 11.3 Å². The molecule has 0 spiro atoms. The highest BCUT2D eigenvalue weighted by Gasteiger charge is 2.31. The highest BCUT2D eigenvalue weighted by Crippen LogP contribution is 2.36. The minimum Gasteiger partial charge on any atom is -0.370 e. The molecule has 0 saturated heterocycles. The zero-order chi connectivity index (χ0) is 23.4. The molecule has 0 bridgehead atoms. The largest absolute Gasteiger partial charge is 0.416 e. The maximum Gasteiger partial charge on any atom is 0.416 e. The van der Waals surface area contributed by atoms with Gasteiger partial charge in [-0.1, -0.05) is 23.7 Å². The molecule has 2 aromatic carbocycles. The average Bonchev–Trinajstić information content (AvgIpc) is 2.81. The number of fused-ring (bicyclic) bond motifs is 1. The Morgan fingerprint density at radius 1 is 1.06 bits per heavy atom. The van der Waals surface area contributed by atoms with Gasteiger partial charge in [0, 0.05) is 29.6 Å². The van der Waals surface area contributed by atoms with Gasteiger partial charge in [-0.3, -0.25) is 0 Å². The van der Waals surface area contributed by atoms with E-state index in [2.05, 4.69) is 32.0 Å². The van der Waals surface area contributed by atoms with Gasteiger partial charge in [0.15, 0.2) is 5.82 Å². The van der Waals surface area contributed by atoms with Crippen LogP contribution in [0.1, 0.15) is 5.56 Å². The van der Waals surface area contributed by atoms with Gasteiger partial charge in [0.05, 0.1) is 34.5 Å². The van der Waals surface area contributed by atoms with Crippen molar-refractivity contribution in [1.82, 2.24) is 20.6 Å². The number of nitrogens with one attached hydrogen (secondary N) is 3. The van der Waals surface area contributed by atoms with E-state index in [9.17, 15) is 13.2 Å². The number of aromatic nitrogens is 2. The Hall–Kier alpha value is -3.77. The summed E-state index contributed by atoms with van der Waals surface area (Å²) in [5, 5.41) is 19.3. The lowest BCUT2D eigenvalue weighted by molar-refractivity contribution is -0.137. The van der Waals surface area contributed by atoms with Crippen LogP contribution in [0.2, 0.25) is 5.02 Å². The third kappa shape index (κ3) is 5.18. The summed E-state index contributed by atoms with van der Waals surface area (Å²) >= 11 is 6.20. The van der Waals surface area contributed by atoms with E-state index >= 15 is 0 Å². The molecule has 168 valence electrons. The minimum absolute atomic E-state index is 0.103. The van der Waals surface area contributed by atoms with Gasteiger partial charge in [0.2, 0.25) is 0 Å². The molecule has 33 heavy (non-hydrogen) atoms. The molecule has 0 amide bonds. The summed E-state index contributed by atoms with van der Waals surface area (Å²) in [6.45, 7) is 1.47. The summed E-state index contributed by atoms with van der Waals surface area (Å²) in [4.78, 5) is 8.92. The van der Waals surface area contributed by atoms with Gasteiger partial charge in [-0.05, 0) is 42.5 Å². The van der Waals surface area contributed by atoms with Gasteiger partial charge in [0.1, 0.15) is 5.82 Å². The van der Waals surface area contributed by atoms with Gasteiger partial charge >= 0.3 is 6.18 Å². The number of nitrogens with zero attached hydrogens (tertiary/aromatic N) is 3. The Morgan fingerprint density at radius 3 is 2.58 bits per heavy atom. The molecular weight excluding hydrogens is 453 g/mol. The number of para-hydroxylation sites is 1. The van der Waals surface area contributed by atoms with E-state index in [-0.39, 0.29) is 16.4 Å². The molecule has 4 rings (SSSR count). The number of rotatable bonds is 6. The monoisotopic (exact) mass is 470 g/mol. The fourth-order valence-corrected chi connectivity index (χ4v) is 3.48. The highest BCUT2D eigenvalue weighted by molar-refractivity contribution is 6.33. The Kier molecular flexibility index (Phi) is 6.38. The Labute approximate surface area is 192 Å². The Morgan fingerprint density at radius 2 is 1.85 bits per heavy atom. The van der Waals surface area contributed by atoms with E-state index in [1.54, 1.807) is 24.3 Å². The van der Waals surface area contributed by atoms with Crippen LogP contribution in [0.5, 0.6) is 0 Å². The number of hydrogen-bond donors (Lipinski definition) is 3. The predicted octanol–water partition coefficient (Wildman–Crippen LogP) is 4.87. The zero-order valence-electron chi connectivity index (χ0n) is 17.2. The number of dihydropyridines is 1. The summed E-state index contributed by atoms with van der Waals surface area (Å²) in [6, 6.07) is 12.4. The third-order valence-corrected chi connectivity index (χ3v) is 5.26. The van der Waals surface area contributed by atoms with Crippen LogP contribution in [-0.2, 0) is 6.18 Å². The zero-order valence-corrected chi connectivity index (χ0v) is 17.9. The number of hydrogen-bond acceptors (Lipinski definition) is 6. The summed E-state index contributed by atoms with van der Waals surface area (Å²) in [6.07, 6.45) is -0.973. The highest BCUT2D eigenvalue weighted by atomic mass is 35.5. The van der Waals surface area contributed by atoms with E-state index in [4.69, 9.17) is 16.9 Å².